The Morgan fingerprint density at radius 2 is 1.77 bits per heavy atom. The third kappa shape index (κ3) is 5.13. The normalized spacial score (nSPS) is 25.9. The van der Waals surface area contributed by atoms with E-state index in [2.05, 4.69) is 52.5 Å². The fourth-order valence-corrected chi connectivity index (χ4v) is 4.12. The molecule has 0 saturated carbocycles. The Bertz CT molecular complexity index is 379. The van der Waals surface area contributed by atoms with Crippen molar-refractivity contribution in [3.8, 4) is 6.07 Å². The first-order valence-corrected chi connectivity index (χ1v) is 9.03. The van der Waals surface area contributed by atoms with Crippen LogP contribution in [0.5, 0.6) is 0 Å². The van der Waals surface area contributed by atoms with E-state index >= 15 is 0 Å². The molecule has 1 fully saturated rings. The van der Waals surface area contributed by atoms with Crippen LogP contribution < -0.4 is 0 Å². The lowest BCUT2D eigenvalue weighted by Crippen LogP contribution is -2.51. The van der Waals surface area contributed by atoms with Crippen molar-refractivity contribution in [2.24, 2.45) is 0 Å². The zero-order valence-corrected chi connectivity index (χ0v) is 15.8. The Morgan fingerprint density at radius 1 is 1.18 bits per heavy atom. The lowest BCUT2D eigenvalue weighted by atomic mass is 10.1. The topological polar surface area (TPSA) is 58.0 Å². The van der Waals surface area contributed by atoms with E-state index in [0.29, 0.717) is 19.6 Å². The minimum atomic E-state index is -1.41. The molecule has 0 N–H and O–H groups in total. The van der Waals surface area contributed by atoms with Crippen LogP contribution in [-0.4, -0.2) is 47.0 Å². The van der Waals surface area contributed by atoms with Crippen molar-refractivity contribution in [1.82, 2.24) is 9.96 Å². The molecule has 6 nitrogen and oxygen atoms in total. The van der Waals surface area contributed by atoms with Gasteiger partial charge in [-0.1, -0.05) is 0 Å². The summed E-state index contributed by atoms with van der Waals surface area (Å²) >= 11 is 0. The summed E-state index contributed by atoms with van der Waals surface area (Å²) < 4.78 is 17.8. The first-order valence-electron chi connectivity index (χ1n) is 7.93. The number of nitrogens with zero attached hydrogens (tertiary/aromatic N) is 3. The standard InChI is InChI=1S/C15H30N3O3P/c1-12(2)17(10-8-9-16)15(7)11-19-22(20-15)21-18(13(3)4)14(5)6/h12-14H,8,10-11H2,1-7H3. The Balaban J connectivity index is 2.71. The van der Waals surface area contributed by atoms with E-state index in [-0.39, 0.29) is 18.1 Å². The molecule has 0 aromatic carbocycles. The van der Waals surface area contributed by atoms with Gasteiger partial charge in [0.05, 0.1) is 12.7 Å². The molecule has 1 aliphatic rings. The molecule has 1 heterocycles. The molecule has 2 unspecified atom stereocenters. The van der Waals surface area contributed by atoms with Gasteiger partial charge in [0.25, 0.3) is 0 Å². The van der Waals surface area contributed by atoms with Crippen LogP contribution in [0.4, 0.5) is 0 Å². The average molecular weight is 331 g/mol. The molecular weight excluding hydrogens is 301 g/mol. The molecule has 0 aliphatic carbocycles. The van der Waals surface area contributed by atoms with Crippen molar-refractivity contribution in [3.63, 3.8) is 0 Å². The predicted octanol–water partition coefficient (Wildman–Crippen LogP) is 3.65. The molecule has 7 heteroatoms. The number of hydroxylamine groups is 2. The van der Waals surface area contributed by atoms with Crippen LogP contribution in [-0.2, 0) is 13.7 Å². The molecule has 1 saturated heterocycles. The van der Waals surface area contributed by atoms with Gasteiger partial charge in [-0.05, 0) is 48.5 Å². The van der Waals surface area contributed by atoms with E-state index in [0.717, 1.165) is 0 Å². The second kappa shape index (κ2) is 8.54. The number of nitriles is 1. The lowest BCUT2D eigenvalue weighted by Gasteiger charge is -2.38. The van der Waals surface area contributed by atoms with Gasteiger partial charge in [0.1, 0.15) is 0 Å². The van der Waals surface area contributed by atoms with Gasteiger partial charge in [-0.25, -0.2) is 4.62 Å². The maximum Gasteiger partial charge on any atom is 0.353 e. The number of hydrogen-bond acceptors (Lipinski definition) is 6. The van der Waals surface area contributed by atoms with E-state index in [4.69, 9.17) is 18.9 Å². The van der Waals surface area contributed by atoms with Crippen molar-refractivity contribution < 1.29 is 13.7 Å². The van der Waals surface area contributed by atoms with Crippen LogP contribution >= 0.6 is 8.60 Å². The molecule has 0 spiro atoms. The van der Waals surface area contributed by atoms with Gasteiger partial charge in [0.2, 0.25) is 0 Å². The Morgan fingerprint density at radius 3 is 2.23 bits per heavy atom. The Hall–Kier alpha value is -0.280. The van der Waals surface area contributed by atoms with Crippen LogP contribution in [0, 0.1) is 11.3 Å². The highest BCUT2D eigenvalue weighted by molar-refractivity contribution is 7.41. The monoisotopic (exact) mass is 331 g/mol. The second-order valence-electron chi connectivity index (χ2n) is 6.59. The maximum atomic E-state index is 8.84. The van der Waals surface area contributed by atoms with Crippen LogP contribution in [0.1, 0.15) is 54.9 Å². The smallest absolute Gasteiger partial charge is 0.307 e. The molecular formula is C15H30N3O3P. The lowest BCUT2D eigenvalue weighted by molar-refractivity contribution is -0.128. The summed E-state index contributed by atoms with van der Waals surface area (Å²) in [4.78, 5) is 2.16. The summed E-state index contributed by atoms with van der Waals surface area (Å²) in [6, 6.07) is 2.96. The van der Waals surface area contributed by atoms with Gasteiger partial charge in [-0.15, -0.1) is 0 Å². The summed E-state index contributed by atoms with van der Waals surface area (Å²) in [5, 5.41) is 10.7. The van der Waals surface area contributed by atoms with E-state index in [1.165, 1.54) is 0 Å². The quantitative estimate of drug-likeness (QED) is 0.500. The predicted molar refractivity (Wildman–Crippen MR) is 87.6 cm³/mol. The molecule has 2 atom stereocenters. The van der Waals surface area contributed by atoms with Gasteiger partial charge in [-0.3, -0.25) is 9.42 Å². The van der Waals surface area contributed by atoms with Crippen molar-refractivity contribution in [3.05, 3.63) is 0 Å². The van der Waals surface area contributed by atoms with Crippen LogP contribution in [0.3, 0.4) is 0 Å². The highest BCUT2D eigenvalue weighted by atomic mass is 31.2. The van der Waals surface area contributed by atoms with Gasteiger partial charge < -0.3 is 4.52 Å². The van der Waals surface area contributed by atoms with Gasteiger partial charge in [0, 0.05) is 31.1 Å². The molecule has 22 heavy (non-hydrogen) atoms. The maximum absolute atomic E-state index is 8.84. The highest BCUT2D eigenvalue weighted by Gasteiger charge is 2.46. The minimum absolute atomic E-state index is 0.251. The van der Waals surface area contributed by atoms with Crippen molar-refractivity contribution in [1.29, 1.82) is 5.26 Å². The first kappa shape index (κ1) is 19.8. The highest BCUT2D eigenvalue weighted by Crippen LogP contribution is 2.53. The van der Waals surface area contributed by atoms with Crippen LogP contribution in [0.15, 0.2) is 0 Å². The van der Waals surface area contributed by atoms with Crippen LogP contribution in [0.2, 0.25) is 0 Å². The van der Waals surface area contributed by atoms with Gasteiger partial charge >= 0.3 is 8.60 Å². The minimum Gasteiger partial charge on any atom is -0.307 e. The molecule has 1 aliphatic heterocycles. The SMILES string of the molecule is CC(C)N(OP1OCC(C)(N(CCC#N)C(C)C)O1)C(C)C. The summed E-state index contributed by atoms with van der Waals surface area (Å²) in [7, 11) is -1.41. The third-order valence-electron chi connectivity index (χ3n) is 3.58. The van der Waals surface area contributed by atoms with Crippen LogP contribution in [0.25, 0.3) is 0 Å². The Kier molecular flexibility index (Phi) is 7.67. The largest absolute Gasteiger partial charge is 0.353 e. The molecule has 0 aromatic heterocycles. The fraction of sp³-hybridized carbons (Fsp3) is 0.933. The van der Waals surface area contributed by atoms with Crippen molar-refractivity contribution in [2.45, 2.75) is 78.7 Å². The summed E-state index contributed by atoms with van der Waals surface area (Å²) in [6.45, 7) is 15.6. The fourth-order valence-electron chi connectivity index (χ4n) is 2.63. The number of hydrogen-bond donors (Lipinski definition) is 0. The zero-order valence-electron chi connectivity index (χ0n) is 14.9. The van der Waals surface area contributed by atoms with Gasteiger partial charge in [-0.2, -0.15) is 10.3 Å². The van der Waals surface area contributed by atoms with E-state index in [1.54, 1.807) is 0 Å². The molecule has 1 rings (SSSR count). The van der Waals surface area contributed by atoms with Crippen molar-refractivity contribution >= 4 is 8.60 Å². The van der Waals surface area contributed by atoms with E-state index in [9.17, 15) is 0 Å². The third-order valence-corrected chi connectivity index (χ3v) is 4.79. The summed E-state index contributed by atoms with van der Waals surface area (Å²) in [5.74, 6) is 0. The number of rotatable bonds is 8. The molecule has 0 aromatic rings. The second-order valence-corrected chi connectivity index (χ2v) is 7.64. The molecule has 0 radical (unpaired) electrons. The van der Waals surface area contributed by atoms with Crippen molar-refractivity contribution in [2.75, 3.05) is 13.2 Å². The summed E-state index contributed by atoms with van der Waals surface area (Å²) in [6.07, 6.45) is 0.472. The molecule has 128 valence electrons. The van der Waals surface area contributed by atoms with E-state index in [1.807, 2.05) is 12.0 Å². The first-order chi connectivity index (χ1) is 10.2. The zero-order chi connectivity index (χ0) is 16.9. The average Bonchev–Trinajstić information content (AvgIpc) is 2.77. The van der Waals surface area contributed by atoms with Gasteiger partial charge in [0.15, 0.2) is 5.72 Å². The summed E-state index contributed by atoms with van der Waals surface area (Å²) in [5.41, 5.74) is -0.545. The van der Waals surface area contributed by atoms with E-state index < -0.39 is 14.3 Å². The molecule has 0 bridgehead atoms. The molecule has 0 amide bonds. The Labute approximate surface area is 136 Å².